The van der Waals surface area contributed by atoms with Crippen LogP contribution in [0.5, 0.6) is 5.75 Å². The maximum absolute atomic E-state index is 11.9. The van der Waals surface area contributed by atoms with E-state index in [1.165, 1.54) is 0 Å². The highest BCUT2D eigenvalue weighted by molar-refractivity contribution is 5.77. The molecule has 112 valence electrons. The van der Waals surface area contributed by atoms with Crippen LogP contribution in [0.3, 0.4) is 0 Å². The molecule has 1 amide bonds. The van der Waals surface area contributed by atoms with E-state index in [-0.39, 0.29) is 5.41 Å². The summed E-state index contributed by atoms with van der Waals surface area (Å²) >= 11 is 0. The molecule has 0 fully saturated rings. The van der Waals surface area contributed by atoms with Gasteiger partial charge in [0, 0.05) is 0 Å². The number of halogens is 3. The lowest BCUT2D eigenvalue weighted by Gasteiger charge is -2.19. The number of carbonyl (C=O) groups is 1. The molecule has 0 radical (unpaired) electrons. The molecule has 0 saturated carbocycles. The minimum atomic E-state index is -4.41. The molecular formula is C14H18F3NO2. The molecule has 0 atom stereocenters. The molecule has 3 nitrogen and oxygen atoms in total. The van der Waals surface area contributed by atoms with E-state index in [2.05, 4.69) is 20.8 Å². The fraction of sp³-hybridized carbons (Fsp3) is 0.500. The summed E-state index contributed by atoms with van der Waals surface area (Å²) in [7, 11) is 0. The average molecular weight is 289 g/mol. The van der Waals surface area contributed by atoms with Crippen LogP contribution in [0.1, 0.15) is 26.3 Å². The van der Waals surface area contributed by atoms with Crippen LogP contribution in [0.15, 0.2) is 24.3 Å². The Bertz CT molecular complexity index is 447. The Kier molecular flexibility index (Phi) is 5.03. The summed E-state index contributed by atoms with van der Waals surface area (Å²) in [5, 5.41) is 1.74. The van der Waals surface area contributed by atoms with Gasteiger partial charge in [-0.2, -0.15) is 13.2 Å². The smallest absolute Gasteiger partial charge is 0.405 e. The standard InChI is InChI=1S/C14H18F3NO2/c1-13(2,3)10-4-6-11(7-5-10)20-8-12(19)18-9-14(15,16)17/h4-7H,8-9H2,1-3H3,(H,18,19). The van der Waals surface area contributed by atoms with Gasteiger partial charge in [-0.15, -0.1) is 0 Å². The second-order valence-electron chi connectivity index (χ2n) is 5.45. The predicted molar refractivity (Wildman–Crippen MR) is 69.7 cm³/mol. The van der Waals surface area contributed by atoms with Gasteiger partial charge in [0.25, 0.3) is 5.91 Å². The summed E-state index contributed by atoms with van der Waals surface area (Å²) in [6, 6.07) is 7.11. The van der Waals surface area contributed by atoms with E-state index < -0.39 is 25.2 Å². The maximum Gasteiger partial charge on any atom is 0.405 e. The summed E-state index contributed by atoms with van der Waals surface area (Å²) in [6.07, 6.45) is -4.41. The minimum absolute atomic E-state index is 0.00259. The molecular weight excluding hydrogens is 271 g/mol. The first kappa shape index (κ1) is 16.3. The normalized spacial score (nSPS) is 12.1. The first-order valence-electron chi connectivity index (χ1n) is 6.15. The Morgan fingerprint density at radius 2 is 1.70 bits per heavy atom. The van der Waals surface area contributed by atoms with E-state index in [0.29, 0.717) is 5.75 Å². The number of hydrogen-bond donors (Lipinski definition) is 1. The van der Waals surface area contributed by atoms with Crippen molar-refractivity contribution in [1.82, 2.24) is 5.32 Å². The number of amides is 1. The van der Waals surface area contributed by atoms with Crippen LogP contribution in [0.4, 0.5) is 13.2 Å². The zero-order valence-corrected chi connectivity index (χ0v) is 11.7. The molecule has 0 unspecified atom stereocenters. The Labute approximate surface area is 116 Å². The Morgan fingerprint density at radius 3 is 2.15 bits per heavy atom. The van der Waals surface area contributed by atoms with Crippen LogP contribution in [0.25, 0.3) is 0 Å². The molecule has 1 N–H and O–H groups in total. The average Bonchev–Trinajstić information content (AvgIpc) is 2.32. The van der Waals surface area contributed by atoms with Crippen molar-refractivity contribution in [3.05, 3.63) is 29.8 Å². The molecule has 1 aromatic carbocycles. The topological polar surface area (TPSA) is 38.3 Å². The van der Waals surface area contributed by atoms with Gasteiger partial charge in [-0.25, -0.2) is 0 Å². The van der Waals surface area contributed by atoms with Gasteiger partial charge < -0.3 is 10.1 Å². The molecule has 0 aliphatic carbocycles. The highest BCUT2D eigenvalue weighted by Crippen LogP contribution is 2.24. The monoisotopic (exact) mass is 289 g/mol. The van der Waals surface area contributed by atoms with Gasteiger partial charge in [0.15, 0.2) is 6.61 Å². The Hall–Kier alpha value is -1.72. The van der Waals surface area contributed by atoms with E-state index in [1.54, 1.807) is 17.4 Å². The lowest BCUT2D eigenvalue weighted by molar-refractivity contribution is -0.139. The van der Waals surface area contributed by atoms with Gasteiger partial charge in [-0.05, 0) is 23.1 Å². The number of nitrogens with one attached hydrogen (secondary N) is 1. The van der Waals surface area contributed by atoms with Crippen molar-refractivity contribution in [3.63, 3.8) is 0 Å². The van der Waals surface area contributed by atoms with Crippen molar-refractivity contribution in [2.75, 3.05) is 13.2 Å². The van der Waals surface area contributed by atoms with Crippen LogP contribution >= 0.6 is 0 Å². The first-order chi connectivity index (χ1) is 9.08. The predicted octanol–water partition coefficient (Wildman–Crippen LogP) is 3.04. The highest BCUT2D eigenvalue weighted by Gasteiger charge is 2.27. The third-order valence-corrected chi connectivity index (χ3v) is 2.58. The third-order valence-electron chi connectivity index (χ3n) is 2.58. The van der Waals surface area contributed by atoms with Crippen LogP contribution in [-0.4, -0.2) is 25.2 Å². The molecule has 0 aromatic heterocycles. The molecule has 0 aliphatic heterocycles. The molecule has 0 saturated heterocycles. The zero-order chi connectivity index (χ0) is 15.4. The van der Waals surface area contributed by atoms with Crippen LogP contribution in [0.2, 0.25) is 0 Å². The summed E-state index contributed by atoms with van der Waals surface area (Å²) in [4.78, 5) is 11.2. The molecule has 0 aliphatic rings. The van der Waals surface area contributed by atoms with Crippen molar-refractivity contribution < 1.29 is 22.7 Å². The largest absolute Gasteiger partial charge is 0.484 e. The molecule has 6 heteroatoms. The zero-order valence-electron chi connectivity index (χ0n) is 11.7. The van der Waals surface area contributed by atoms with Crippen molar-refractivity contribution in [2.45, 2.75) is 32.4 Å². The third kappa shape index (κ3) is 5.95. The maximum atomic E-state index is 11.9. The van der Waals surface area contributed by atoms with Gasteiger partial charge >= 0.3 is 6.18 Å². The quantitative estimate of drug-likeness (QED) is 0.925. The summed E-state index contributed by atoms with van der Waals surface area (Å²) < 4.78 is 40.8. The lowest BCUT2D eigenvalue weighted by Crippen LogP contribution is -2.36. The number of rotatable bonds is 4. The molecule has 20 heavy (non-hydrogen) atoms. The minimum Gasteiger partial charge on any atom is -0.484 e. The number of benzene rings is 1. The van der Waals surface area contributed by atoms with Crippen molar-refractivity contribution in [1.29, 1.82) is 0 Å². The van der Waals surface area contributed by atoms with Crippen LogP contribution in [0, 0.1) is 0 Å². The molecule has 0 bridgehead atoms. The van der Waals surface area contributed by atoms with Crippen LogP contribution < -0.4 is 10.1 Å². The molecule has 0 heterocycles. The Morgan fingerprint density at radius 1 is 1.15 bits per heavy atom. The lowest BCUT2D eigenvalue weighted by atomic mass is 9.87. The molecule has 1 aromatic rings. The number of carbonyl (C=O) groups excluding carboxylic acids is 1. The second kappa shape index (κ2) is 6.15. The van der Waals surface area contributed by atoms with Crippen molar-refractivity contribution >= 4 is 5.91 Å². The first-order valence-corrected chi connectivity index (χ1v) is 6.15. The van der Waals surface area contributed by atoms with Gasteiger partial charge in [0.05, 0.1) is 0 Å². The van der Waals surface area contributed by atoms with E-state index >= 15 is 0 Å². The van der Waals surface area contributed by atoms with Gasteiger partial charge in [0.1, 0.15) is 12.3 Å². The van der Waals surface area contributed by atoms with Gasteiger partial charge in [-0.3, -0.25) is 4.79 Å². The fourth-order valence-corrected chi connectivity index (χ4v) is 1.45. The van der Waals surface area contributed by atoms with E-state index in [0.717, 1.165) is 5.56 Å². The van der Waals surface area contributed by atoms with Crippen molar-refractivity contribution in [2.24, 2.45) is 0 Å². The number of ether oxygens (including phenoxy) is 1. The molecule has 0 spiro atoms. The van der Waals surface area contributed by atoms with Crippen LogP contribution in [-0.2, 0) is 10.2 Å². The summed E-state index contributed by atoms with van der Waals surface area (Å²) in [5.41, 5.74) is 1.11. The fourth-order valence-electron chi connectivity index (χ4n) is 1.45. The van der Waals surface area contributed by atoms with E-state index in [4.69, 9.17) is 4.74 Å². The van der Waals surface area contributed by atoms with E-state index in [9.17, 15) is 18.0 Å². The molecule has 1 rings (SSSR count). The second-order valence-corrected chi connectivity index (χ2v) is 5.45. The summed E-state index contributed by atoms with van der Waals surface area (Å²) in [6.45, 7) is 4.40. The highest BCUT2D eigenvalue weighted by atomic mass is 19.4. The SMILES string of the molecule is CC(C)(C)c1ccc(OCC(=O)NCC(F)(F)F)cc1. The summed E-state index contributed by atoms with van der Waals surface area (Å²) in [5.74, 6) is -0.359. The van der Waals surface area contributed by atoms with Crippen molar-refractivity contribution in [3.8, 4) is 5.75 Å². The number of hydrogen-bond acceptors (Lipinski definition) is 2. The van der Waals surface area contributed by atoms with Gasteiger partial charge in [-0.1, -0.05) is 32.9 Å². The number of alkyl halides is 3. The Balaban J connectivity index is 2.44. The van der Waals surface area contributed by atoms with E-state index in [1.807, 2.05) is 12.1 Å². The van der Waals surface area contributed by atoms with Gasteiger partial charge in [0.2, 0.25) is 0 Å².